The molecular weight excluding hydrogens is 340 g/mol. The molecule has 1 amide bonds. The predicted molar refractivity (Wildman–Crippen MR) is 90.7 cm³/mol. The summed E-state index contributed by atoms with van der Waals surface area (Å²) < 4.78 is 26.8. The number of carbonyl (C=O) groups excluding carboxylic acids is 1. The van der Waals surface area contributed by atoms with Crippen molar-refractivity contribution < 1.29 is 13.6 Å². The molecule has 1 aromatic heterocycles. The van der Waals surface area contributed by atoms with Crippen LogP contribution >= 0.6 is 0 Å². The summed E-state index contributed by atoms with van der Waals surface area (Å²) in [5.74, 6) is -1.57. The highest BCUT2D eigenvalue weighted by Gasteiger charge is 2.26. The van der Waals surface area contributed by atoms with Gasteiger partial charge in [-0.3, -0.25) is 4.79 Å². The summed E-state index contributed by atoms with van der Waals surface area (Å²) in [4.78, 5) is 15.9. The van der Waals surface area contributed by atoms with Crippen LogP contribution in [0.15, 0.2) is 18.2 Å². The third-order valence-electron chi connectivity index (χ3n) is 4.58. The van der Waals surface area contributed by atoms with Crippen LogP contribution in [-0.4, -0.2) is 47.2 Å². The summed E-state index contributed by atoms with van der Waals surface area (Å²) in [6.07, 6.45) is 0. The lowest BCUT2D eigenvalue weighted by molar-refractivity contribution is 0.0741. The van der Waals surface area contributed by atoms with Crippen molar-refractivity contribution in [2.75, 3.05) is 31.1 Å². The molecule has 1 aromatic carbocycles. The van der Waals surface area contributed by atoms with Gasteiger partial charge in [0.15, 0.2) is 5.82 Å². The fourth-order valence-electron chi connectivity index (χ4n) is 2.91. The molecule has 2 heterocycles. The normalized spacial score (nSPS) is 14.3. The zero-order chi connectivity index (χ0) is 18.8. The number of nitriles is 1. The Morgan fingerprint density at radius 1 is 1.15 bits per heavy atom. The lowest BCUT2D eigenvalue weighted by atomic mass is 10.1. The van der Waals surface area contributed by atoms with Gasteiger partial charge in [-0.25, -0.2) is 8.78 Å². The Labute approximate surface area is 149 Å². The molecule has 1 saturated heterocycles. The minimum atomic E-state index is -0.871. The first-order valence-corrected chi connectivity index (χ1v) is 8.15. The molecule has 8 heteroatoms. The van der Waals surface area contributed by atoms with E-state index in [4.69, 9.17) is 0 Å². The molecule has 0 unspecified atom stereocenters. The Balaban J connectivity index is 1.75. The Morgan fingerprint density at radius 3 is 2.46 bits per heavy atom. The van der Waals surface area contributed by atoms with Crippen LogP contribution in [0.2, 0.25) is 0 Å². The van der Waals surface area contributed by atoms with Crippen LogP contribution in [0.5, 0.6) is 0 Å². The molecule has 2 aromatic rings. The smallest absolute Gasteiger partial charge is 0.256 e. The van der Waals surface area contributed by atoms with E-state index < -0.39 is 17.5 Å². The van der Waals surface area contributed by atoms with Gasteiger partial charge < -0.3 is 9.80 Å². The highest BCUT2D eigenvalue weighted by molar-refractivity contribution is 5.94. The van der Waals surface area contributed by atoms with Gasteiger partial charge in [-0.1, -0.05) is 0 Å². The molecule has 0 N–H and O–H groups in total. The van der Waals surface area contributed by atoms with Crippen molar-refractivity contribution in [2.45, 2.75) is 13.8 Å². The first-order valence-electron chi connectivity index (χ1n) is 8.15. The topological polar surface area (TPSA) is 73.1 Å². The number of piperazine rings is 1. The van der Waals surface area contributed by atoms with Crippen molar-refractivity contribution in [3.8, 4) is 6.07 Å². The molecule has 0 atom stereocenters. The molecule has 6 nitrogen and oxygen atoms in total. The fourth-order valence-corrected chi connectivity index (χ4v) is 2.91. The third kappa shape index (κ3) is 3.20. The van der Waals surface area contributed by atoms with E-state index in [1.807, 2.05) is 11.8 Å². The van der Waals surface area contributed by atoms with E-state index >= 15 is 0 Å². The summed E-state index contributed by atoms with van der Waals surface area (Å²) in [6, 6.07) is 5.09. The Bertz CT molecular complexity index is 901. The summed E-state index contributed by atoms with van der Waals surface area (Å²) >= 11 is 0. The van der Waals surface area contributed by atoms with Crippen molar-refractivity contribution in [3.05, 3.63) is 52.2 Å². The molecule has 1 aliphatic heterocycles. The lowest BCUT2D eigenvalue weighted by Gasteiger charge is -2.35. The van der Waals surface area contributed by atoms with Crippen LogP contribution < -0.4 is 4.90 Å². The molecular formula is C18H17F2N5O. The number of anilines is 1. The Morgan fingerprint density at radius 2 is 1.85 bits per heavy atom. The van der Waals surface area contributed by atoms with Crippen molar-refractivity contribution in [1.29, 1.82) is 5.26 Å². The molecule has 26 heavy (non-hydrogen) atoms. The van der Waals surface area contributed by atoms with Crippen LogP contribution in [-0.2, 0) is 0 Å². The van der Waals surface area contributed by atoms with E-state index in [0.29, 0.717) is 49.3 Å². The second kappa shape index (κ2) is 7.04. The standard InChI is InChI=1S/C18H17F2N5O/c1-11-12(2)22-23-17(15(11)10-21)24-5-7-25(8-6-24)18(26)14-4-3-13(19)9-16(14)20/h3-4,9H,5-8H2,1-2H3. The van der Waals surface area contributed by atoms with Gasteiger partial charge in [0.05, 0.1) is 11.3 Å². The maximum absolute atomic E-state index is 13.8. The number of nitrogens with zero attached hydrogens (tertiary/aromatic N) is 5. The van der Waals surface area contributed by atoms with E-state index in [9.17, 15) is 18.8 Å². The highest BCUT2D eigenvalue weighted by Crippen LogP contribution is 2.23. The van der Waals surface area contributed by atoms with Crippen LogP contribution in [0, 0.1) is 36.8 Å². The van der Waals surface area contributed by atoms with Crippen molar-refractivity contribution >= 4 is 11.7 Å². The Hall–Kier alpha value is -3.08. The second-order valence-corrected chi connectivity index (χ2v) is 6.12. The molecule has 0 radical (unpaired) electrons. The van der Waals surface area contributed by atoms with E-state index in [1.54, 1.807) is 6.92 Å². The van der Waals surface area contributed by atoms with Crippen LogP contribution in [0.4, 0.5) is 14.6 Å². The SMILES string of the molecule is Cc1nnc(N2CCN(C(=O)c3ccc(F)cc3F)CC2)c(C#N)c1C. The van der Waals surface area contributed by atoms with Crippen LogP contribution in [0.1, 0.15) is 27.2 Å². The summed E-state index contributed by atoms with van der Waals surface area (Å²) in [6.45, 7) is 5.19. The number of aryl methyl sites for hydroxylation is 1. The van der Waals surface area contributed by atoms with Gasteiger partial charge in [0, 0.05) is 32.2 Å². The van der Waals surface area contributed by atoms with Crippen molar-refractivity contribution in [2.24, 2.45) is 0 Å². The number of amides is 1. The number of hydrogen-bond donors (Lipinski definition) is 0. The fraction of sp³-hybridized carbons (Fsp3) is 0.333. The monoisotopic (exact) mass is 357 g/mol. The molecule has 134 valence electrons. The average Bonchev–Trinajstić information content (AvgIpc) is 2.63. The summed E-state index contributed by atoms with van der Waals surface area (Å²) in [5.41, 5.74) is 1.81. The number of rotatable bonds is 2. The molecule has 0 aliphatic carbocycles. The largest absolute Gasteiger partial charge is 0.350 e. The molecule has 0 spiro atoms. The van der Waals surface area contributed by atoms with E-state index in [-0.39, 0.29) is 5.56 Å². The highest BCUT2D eigenvalue weighted by atomic mass is 19.1. The van der Waals surface area contributed by atoms with Gasteiger partial charge in [-0.05, 0) is 31.5 Å². The molecule has 1 aliphatic rings. The maximum atomic E-state index is 13.8. The number of benzene rings is 1. The van der Waals surface area contributed by atoms with Gasteiger partial charge in [0.2, 0.25) is 0 Å². The van der Waals surface area contributed by atoms with Gasteiger partial charge >= 0.3 is 0 Å². The maximum Gasteiger partial charge on any atom is 0.256 e. The van der Waals surface area contributed by atoms with Crippen molar-refractivity contribution in [3.63, 3.8) is 0 Å². The second-order valence-electron chi connectivity index (χ2n) is 6.12. The zero-order valence-electron chi connectivity index (χ0n) is 14.5. The van der Waals surface area contributed by atoms with Crippen LogP contribution in [0.25, 0.3) is 0 Å². The van der Waals surface area contributed by atoms with Crippen molar-refractivity contribution in [1.82, 2.24) is 15.1 Å². The van der Waals surface area contributed by atoms with E-state index in [2.05, 4.69) is 16.3 Å². The predicted octanol–water partition coefficient (Wildman–Crippen LogP) is 2.21. The molecule has 0 saturated carbocycles. The number of halogens is 2. The van der Waals surface area contributed by atoms with Gasteiger partial charge in [-0.2, -0.15) is 10.4 Å². The van der Waals surface area contributed by atoms with Crippen LogP contribution in [0.3, 0.4) is 0 Å². The quantitative estimate of drug-likeness (QED) is 0.824. The number of hydrogen-bond acceptors (Lipinski definition) is 5. The van der Waals surface area contributed by atoms with Gasteiger partial charge in [0.1, 0.15) is 23.3 Å². The summed E-state index contributed by atoms with van der Waals surface area (Å²) in [7, 11) is 0. The Kier molecular flexibility index (Phi) is 4.80. The van der Waals surface area contributed by atoms with Gasteiger partial charge in [-0.15, -0.1) is 5.10 Å². The molecule has 1 fully saturated rings. The van der Waals surface area contributed by atoms with Gasteiger partial charge in [0.25, 0.3) is 5.91 Å². The molecule has 0 bridgehead atoms. The minimum absolute atomic E-state index is 0.150. The zero-order valence-corrected chi connectivity index (χ0v) is 14.5. The minimum Gasteiger partial charge on any atom is -0.350 e. The first-order chi connectivity index (χ1) is 12.4. The number of aromatic nitrogens is 2. The lowest BCUT2D eigenvalue weighted by Crippen LogP contribution is -2.49. The van der Waals surface area contributed by atoms with E-state index in [0.717, 1.165) is 17.7 Å². The molecule has 3 rings (SSSR count). The number of carbonyl (C=O) groups is 1. The van der Waals surface area contributed by atoms with E-state index in [1.165, 1.54) is 4.90 Å². The average molecular weight is 357 g/mol. The first kappa shape index (κ1) is 17.7. The summed E-state index contributed by atoms with van der Waals surface area (Å²) in [5, 5.41) is 17.6. The third-order valence-corrected chi connectivity index (χ3v) is 4.58.